The topological polar surface area (TPSA) is 86.7 Å². The second-order valence-electron chi connectivity index (χ2n) is 4.26. The number of carbonyl (C=O) groups is 1. The van der Waals surface area contributed by atoms with Crippen molar-refractivity contribution in [1.82, 2.24) is 19.7 Å². The molecule has 2 aromatic heterocycles. The second-order valence-corrected chi connectivity index (χ2v) is 4.26. The fraction of sp³-hybridized carbons (Fsp3) is 0.0769. The van der Waals surface area contributed by atoms with E-state index in [1.54, 1.807) is 18.2 Å². The third-order valence-electron chi connectivity index (χ3n) is 2.81. The molecule has 0 unspecified atom stereocenters. The van der Waals surface area contributed by atoms with E-state index in [1.807, 2.05) is 0 Å². The number of rotatable bonds is 2. The number of nitrogens with zero attached hydrogens (tertiary/aromatic N) is 4. The summed E-state index contributed by atoms with van der Waals surface area (Å²) >= 11 is 0. The highest BCUT2D eigenvalue weighted by Crippen LogP contribution is 2.14. The van der Waals surface area contributed by atoms with Crippen molar-refractivity contribution in [3.63, 3.8) is 0 Å². The average molecular weight is 271 g/mol. The van der Waals surface area contributed by atoms with Crippen LogP contribution in [0.1, 0.15) is 10.5 Å². The van der Waals surface area contributed by atoms with Gasteiger partial charge in [-0.05, 0) is 24.3 Å². The van der Waals surface area contributed by atoms with Crippen molar-refractivity contribution in [1.29, 1.82) is 0 Å². The van der Waals surface area contributed by atoms with Gasteiger partial charge in [-0.25, -0.2) is 9.37 Å². The standard InChI is InChI=1S/C13H10FN5O/c14-9-2-4-11-8(5-9)1-3-10(17-11)6-12(20)19-7-16-13(15)18-19/h1-5,7H,6H2,(H2,15,18). The van der Waals surface area contributed by atoms with Gasteiger partial charge in [-0.1, -0.05) is 6.07 Å². The number of nitrogen functional groups attached to an aromatic ring is 1. The molecule has 0 fully saturated rings. The highest BCUT2D eigenvalue weighted by Gasteiger charge is 2.10. The van der Waals surface area contributed by atoms with Crippen molar-refractivity contribution < 1.29 is 9.18 Å². The second kappa shape index (κ2) is 4.69. The highest BCUT2D eigenvalue weighted by atomic mass is 19.1. The Labute approximate surface area is 113 Å². The Kier molecular flexibility index (Phi) is 2.86. The molecule has 0 atom stereocenters. The molecule has 100 valence electrons. The maximum atomic E-state index is 13.1. The first-order valence-electron chi connectivity index (χ1n) is 5.87. The van der Waals surface area contributed by atoms with Gasteiger partial charge in [0.05, 0.1) is 17.6 Å². The predicted molar refractivity (Wildman–Crippen MR) is 70.5 cm³/mol. The molecule has 0 amide bonds. The SMILES string of the molecule is Nc1ncn(C(=O)Cc2ccc3cc(F)ccc3n2)n1. The van der Waals surface area contributed by atoms with Crippen LogP contribution in [-0.4, -0.2) is 25.7 Å². The lowest BCUT2D eigenvalue weighted by Crippen LogP contribution is -2.15. The monoisotopic (exact) mass is 271 g/mol. The first kappa shape index (κ1) is 12.2. The van der Waals surface area contributed by atoms with E-state index < -0.39 is 0 Å². The van der Waals surface area contributed by atoms with Crippen molar-refractivity contribution in [2.75, 3.05) is 5.73 Å². The van der Waals surface area contributed by atoms with Gasteiger partial charge < -0.3 is 5.73 Å². The van der Waals surface area contributed by atoms with Crippen molar-refractivity contribution in [3.8, 4) is 0 Å². The quantitative estimate of drug-likeness (QED) is 0.762. The summed E-state index contributed by atoms with van der Waals surface area (Å²) in [5.41, 5.74) is 6.56. The minimum atomic E-state index is -0.318. The van der Waals surface area contributed by atoms with Crippen molar-refractivity contribution in [2.45, 2.75) is 6.42 Å². The molecule has 2 N–H and O–H groups in total. The van der Waals surface area contributed by atoms with E-state index in [2.05, 4.69) is 15.1 Å². The molecule has 6 nitrogen and oxygen atoms in total. The van der Waals surface area contributed by atoms with Gasteiger partial charge in [0.2, 0.25) is 5.95 Å². The highest BCUT2D eigenvalue weighted by molar-refractivity contribution is 5.82. The molecule has 0 saturated heterocycles. The molecule has 0 aliphatic rings. The Morgan fingerprint density at radius 3 is 2.90 bits per heavy atom. The number of hydrogen-bond donors (Lipinski definition) is 1. The van der Waals surface area contributed by atoms with Crippen LogP contribution in [0.25, 0.3) is 10.9 Å². The van der Waals surface area contributed by atoms with Gasteiger partial charge in [0.1, 0.15) is 12.1 Å². The van der Waals surface area contributed by atoms with Crippen LogP contribution in [0.4, 0.5) is 10.3 Å². The molecular weight excluding hydrogens is 261 g/mol. The van der Waals surface area contributed by atoms with Gasteiger partial charge >= 0.3 is 0 Å². The van der Waals surface area contributed by atoms with Crippen LogP contribution in [0.5, 0.6) is 0 Å². The minimum absolute atomic E-state index is 0.0419. The molecule has 20 heavy (non-hydrogen) atoms. The van der Waals surface area contributed by atoms with Crippen LogP contribution in [-0.2, 0) is 6.42 Å². The van der Waals surface area contributed by atoms with E-state index in [0.717, 1.165) is 4.68 Å². The zero-order chi connectivity index (χ0) is 14.1. The van der Waals surface area contributed by atoms with Crippen LogP contribution in [0, 0.1) is 5.82 Å². The molecular formula is C13H10FN5O. The molecule has 0 saturated carbocycles. The Morgan fingerprint density at radius 2 is 2.15 bits per heavy atom. The van der Waals surface area contributed by atoms with Gasteiger partial charge in [0.15, 0.2) is 0 Å². The first-order chi connectivity index (χ1) is 9.61. The zero-order valence-electron chi connectivity index (χ0n) is 10.3. The Morgan fingerprint density at radius 1 is 1.30 bits per heavy atom. The molecule has 7 heteroatoms. The van der Waals surface area contributed by atoms with Gasteiger partial charge in [-0.15, -0.1) is 5.10 Å². The number of benzene rings is 1. The largest absolute Gasteiger partial charge is 0.366 e. The van der Waals surface area contributed by atoms with E-state index >= 15 is 0 Å². The first-order valence-corrected chi connectivity index (χ1v) is 5.87. The fourth-order valence-corrected chi connectivity index (χ4v) is 1.87. The maximum absolute atomic E-state index is 13.1. The van der Waals surface area contributed by atoms with Crippen LogP contribution >= 0.6 is 0 Å². The molecule has 0 spiro atoms. The third-order valence-corrected chi connectivity index (χ3v) is 2.81. The normalized spacial score (nSPS) is 10.8. The molecule has 0 bridgehead atoms. The van der Waals surface area contributed by atoms with Crippen molar-refractivity contribution >= 4 is 22.8 Å². The number of hydrogen-bond acceptors (Lipinski definition) is 5. The molecule has 0 radical (unpaired) electrons. The van der Waals surface area contributed by atoms with Gasteiger partial charge in [-0.3, -0.25) is 9.78 Å². The summed E-state index contributed by atoms with van der Waals surface area (Å²) in [7, 11) is 0. The van der Waals surface area contributed by atoms with Crippen molar-refractivity contribution in [2.24, 2.45) is 0 Å². The van der Waals surface area contributed by atoms with Gasteiger partial charge in [-0.2, -0.15) is 4.68 Å². The summed E-state index contributed by atoms with van der Waals surface area (Å²) in [6.45, 7) is 0. The maximum Gasteiger partial charge on any atom is 0.254 e. The Bertz CT molecular complexity index is 798. The molecule has 0 aliphatic heterocycles. The summed E-state index contributed by atoms with van der Waals surface area (Å²) in [5, 5.41) is 4.42. The lowest BCUT2D eigenvalue weighted by atomic mass is 10.1. The van der Waals surface area contributed by atoms with Gasteiger partial charge in [0, 0.05) is 5.39 Å². The molecule has 1 aromatic carbocycles. The fourth-order valence-electron chi connectivity index (χ4n) is 1.87. The lowest BCUT2D eigenvalue weighted by Gasteiger charge is -2.02. The minimum Gasteiger partial charge on any atom is -0.366 e. The number of halogens is 1. The number of carbonyl (C=O) groups excluding carboxylic acids is 1. The predicted octanol–water partition coefficient (Wildman–Crippen LogP) is 1.43. The number of anilines is 1. The molecule has 2 heterocycles. The lowest BCUT2D eigenvalue weighted by molar-refractivity contribution is 0.0897. The van der Waals surface area contributed by atoms with Crippen molar-refractivity contribution in [3.05, 3.63) is 48.2 Å². The zero-order valence-corrected chi connectivity index (χ0v) is 10.3. The smallest absolute Gasteiger partial charge is 0.254 e. The van der Waals surface area contributed by atoms with Gasteiger partial charge in [0.25, 0.3) is 5.91 Å². The van der Waals surface area contributed by atoms with E-state index in [4.69, 9.17) is 5.73 Å². The Balaban J connectivity index is 1.87. The van der Waals surface area contributed by atoms with E-state index in [0.29, 0.717) is 16.6 Å². The summed E-state index contributed by atoms with van der Waals surface area (Å²) < 4.78 is 14.1. The molecule has 0 aliphatic carbocycles. The van der Waals surface area contributed by atoms with E-state index in [9.17, 15) is 9.18 Å². The summed E-state index contributed by atoms with van der Waals surface area (Å²) in [5.74, 6) is -0.565. The van der Waals surface area contributed by atoms with E-state index in [-0.39, 0.29) is 24.1 Å². The number of aromatic nitrogens is 4. The summed E-state index contributed by atoms with van der Waals surface area (Å²) in [4.78, 5) is 19.9. The molecule has 3 aromatic rings. The van der Waals surface area contributed by atoms with Crippen LogP contribution < -0.4 is 5.73 Å². The average Bonchev–Trinajstić information content (AvgIpc) is 2.86. The Hall–Kier alpha value is -2.83. The van der Waals surface area contributed by atoms with Crippen LogP contribution in [0.3, 0.4) is 0 Å². The van der Waals surface area contributed by atoms with Crippen LogP contribution in [0.15, 0.2) is 36.7 Å². The number of pyridine rings is 1. The molecule has 3 rings (SSSR count). The summed E-state index contributed by atoms with van der Waals surface area (Å²) in [6.07, 6.45) is 1.32. The third kappa shape index (κ3) is 2.33. The summed E-state index contributed by atoms with van der Waals surface area (Å²) in [6, 6.07) is 7.71. The number of fused-ring (bicyclic) bond motifs is 1. The number of nitrogens with two attached hydrogens (primary N) is 1. The van der Waals surface area contributed by atoms with Crippen LogP contribution in [0.2, 0.25) is 0 Å². The van der Waals surface area contributed by atoms with E-state index in [1.165, 1.54) is 18.5 Å².